The standard InChI is InChI=1S/C44H49ClN4O5/c1-31-20-33(8-5-12-39(31)40-13-6-9-36(32(40)2)10-7-14-48-16-18-52-19-17-48)29-54-43-24-42(53-30-35-21-34(25-46)26-47-27-35)37(22-41(43)45)28-49-15-4-3-11-38(49)23-44(50)51/h5-10,12-13,20-22,24,26-27,33,38H,3-4,11,14-19,23,28-30H2,1-2H3,(H,50,51)/b10-7+/t33?,38-/m1/s1. The smallest absolute Gasteiger partial charge is 0.304 e. The van der Waals surface area contributed by atoms with Crippen molar-refractivity contribution >= 4 is 29.2 Å². The monoisotopic (exact) mass is 748 g/mol. The molecule has 2 fully saturated rings. The molecule has 54 heavy (non-hydrogen) atoms. The number of piperidine rings is 1. The maximum atomic E-state index is 11.6. The van der Waals surface area contributed by atoms with Crippen LogP contribution in [0.4, 0.5) is 0 Å². The fourth-order valence-electron chi connectivity index (χ4n) is 7.38. The fourth-order valence-corrected chi connectivity index (χ4v) is 7.62. The predicted octanol–water partition coefficient (Wildman–Crippen LogP) is 8.26. The molecular formula is C44H49ClN4O5. The lowest BCUT2D eigenvalue weighted by atomic mass is 9.91. The van der Waals surface area contributed by atoms with Gasteiger partial charge in [0.15, 0.2) is 0 Å². The summed E-state index contributed by atoms with van der Waals surface area (Å²) >= 11 is 6.89. The van der Waals surface area contributed by atoms with E-state index in [1.54, 1.807) is 12.3 Å². The number of aliphatic carboxylic acids is 1. The van der Waals surface area contributed by atoms with E-state index in [1.807, 2.05) is 12.1 Å². The van der Waals surface area contributed by atoms with Crippen LogP contribution in [-0.4, -0.2) is 77.9 Å². The zero-order valence-electron chi connectivity index (χ0n) is 31.2. The molecule has 10 heteroatoms. The van der Waals surface area contributed by atoms with E-state index in [2.05, 4.69) is 89.4 Å². The van der Waals surface area contributed by atoms with E-state index in [0.717, 1.165) is 69.8 Å². The molecule has 3 aliphatic rings. The Bertz CT molecular complexity index is 1960. The van der Waals surface area contributed by atoms with Gasteiger partial charge in [-0.1, -0.05) is 72.7 Å². The van der Waals surface area contributed by atoms with Crippen LogP contribution in [0, 0.1) is 24.2 Å². The number of nitrogens with zero attached hydrogens (tertiary/aromatic N) is 4. The number of nitriles is 1. The first kappa shape index (κ1) is 39.0. The Morgan fingerprint density at radius 1 is 1.11 bits per heavy atom. The van der Waals surface area contributed by atoms with Gasteiger partial charge in [-0.05, 0) is 73.2 Å². The molecule has 1 N–H and O–H groups in total. The topological polar surface area (TPSA) is 108 Å². The highest BCUT2D eigenvalue weighted by atomic mass is 35.5. The van der Waals surface area contributed by atoms with E-state index < -0.39 is 5.97 Å². The number of pyridine rings is 1. The lowest BCUT2D eigenvalue weighted by Gasteiger charge is -2.35. The van der Waals surface area contributed by atoms with Crippen molar-refractivity contribution in [3.05, 3.63) is 123 Å². The van der Waals surface area contributed by atoms with Crippen LogP contribution < -0.4 is 9.47 Å². The summed E-state index contributed by atoms with van der Waals surface area (Å²) in [6, 6.07) is 14.0. The third kappa shape index (κ3) is 10.5. The van der Waals surface area contributed by atoms with Crippen molar-refractivity contribution in [3.8, 4) is 17.6 Å². The van der Waals surface area contributed by atoms with Crippen LogP contribution in [0.3, 0.4) is 0 Å². The zero-order valence-corrected chi connectivity index (χ0v) is 31.9. The van der Waals surface area contributed by atoms with Crippen LogP contribution >= 0.6 is 11.6 Å². The summed E-state index contributed by atoms with van der Waals surface area (Å²) in [6.07, 6.45) is 19.3. The number of halogens is 1. The van der Waals surface area contributed by atoms with Gasteiger partial charge in [0, 0.05) is 67.7 Å². The average molecular weight is 749 g/mol. The van der Waals surface area contributed by atoms with Gasteiger partial charge in [0.25, 0.3) is 0 Å². The number of aromatic nitrogens is 1. The van der Waals surface area contributed by atoms with Crippen molar-refractivity contribution in [2.75, 3.05) is 46.0 Å². The quantitative estimate of drug-likeness (QED) is 0.174. The van der Waals surface area contributed by atoms with E-state index in [0.29, 0.717) is 35.2 Å². The van der Waals surface area contributed by atoms with Gasteiger partial charge in [-0.25, -0.2) is 0 Å². The largest absolute Gasteiger partial charge is 0.491 e. The summed E-state index contributed by atoms with van der Waals surface area (Å²) in [5.74, 6) is 0.299. The lowest BCUT2D eigenvalue weighted by molar-refractivity contribution is -0.138. The molecular weight excluding hydrogens is 700 g/mol. The number of allylic oxidation sites excluding steroid dienone is 4. The SMILES string of the molecule is CC1=CC(COc2cc(OCc3cncc(C#N)c3)c(CN3CCCC[C@@H]3CC(=O)O)cc2Cl)C=CC=C1c1cccc(/C=C/CN2CCOCC2)c1C. The first-order chi connectivity index (χ1) is 26.3. The number of likely N-dealkylation sites (tertiary alicyclic amines) is 1. The fraction of sp³-hybridized carbons (Fsp3) is 0.386. The number of rotatable bonds is 14. The minimum atomic E-state index is -0.801. The second-order valence-electron chi connectivity index (χ2n) is 14.2. The minimum Gasteiger partial charge on any atom is -0.491 e. The summed E-state index contributed by atoms with van der Waals surface area (Å²) in [5, 5.41) is 19.4. The molecule has 0 saturated carbocycles. The molecule has 0 radical (unpaired) electrons. The van der Waals surface area contributed by atoms with E-state index in [9.17, 15) is 15.2 Å². The molecule has 3 heterocycles. The van der Waals surface area contributed by atoms with E-state index >= 15 is 0 Å². The number of carbonyl (C=O) groups is 1. The van der Waals surface area contributed by atoms with Crippen molar-refractivity contribution in [1.82, 2.24) is 14.8 Å². The summed E-state index contributed by atoms with van der Waals surface area (Å²) in [6.45, 7) is 10.6. The minimum absolute atomic E-state index is 0.000640. The maximum Gasteiger partial charge on any atom is 0.304 e. The second kappa shape index (κ2) is 19.0. The molecule has 6 rings (SSSR count). The molecule has 282 valence electrons. The van der Waals surface area contributed by atoms with Crippen molar-refractivity contribution in [3.63, 3.8) is 0 Å². The van der Waals surface area contributed by atoms with Gasteiger partial charge >= 0.3 is 5.97 Å². The van der Waals surface area contributed by atoms with E-state index in [4.69, 9.17) is 25.8 Å². The Labute approximate surface area is 323 Å². The molecule has 1 unspecified atom stereocenters. The molecule has 2 aromatic carbocycles. The first-order valence-electron chi connectivity index (χ1n) is 18.8. The Hall–Kier alpha value is -4.72. The predicted molar refractivity (Wildman–Crippen MR) is 212 cm³/mol. The molecule has 1 aliphatic carbocycles. The number of hydrogen-bond acceptors (Lipinski definition) is 8. The van der Waals surface area contributed by atoms with Gasteiger partial charge in [0.2, 0.25) is 0 Å². The number of ether oxygens (including phenoxy) is 3. The number of carboxylic acid groups (broad SMARTS) is 1. The van der Waals surface area contributed by atoms with Crippen LogP contribution in [0.5, 0.6) is 11.5 Å². The average Bonchev–Trinajstić information content (AvgIpc) is 3.36. The van der Waals surface area contributed by atoms with Crippen molar-refractivity contribution in [2.24, 2.45) is 5.92 Å². The molecule has 9 nitrogen and oxygen atoms in total. The van der Waals surface area contributed by atoms with Gasteiger partial charge in [0.1, 0.15) is 24.2 Å². The van der Waals surface area contributed by atoms with Crippen LogP contribution in [0.2, 0.25) is 5.02 Å². The van der Waals surface area contributed by atoms with Gasteiger partial charge in [0.05, 0.1) is 36.8 Å². The summed E-state index contributed by atoms with van der Waals surface area (Å²) in [5.41, 5.74) is 8.08. The Morgan fingerprint density at radius 2 is 1.96 bits per heavy atom. The van der Waals surface area contributed by atoms with Gasteiger partial charge < -0.3 is 19.3 Å². The van der Waals surface area contributed by atoms with Crippen LogP contribution in [-0.2, 0) is 22.7 Å². The highest BCUT2D eigenvalue weighted by molar-refractivity contribution is 6.32. The summed E-state index contributed by atoms with van der Waals surface area (Å²) in [4.78, 5) is 20.4. The second-order valence-corrected chi connectivity index (χ2v) is 14.6. The number of benzene rings is 2. The molecule has 1 aromatic heterocycles. The zero-order chi connectivity index (χ0) is 37.9. The van der Waals surface area contributed by atoms with Gasteiger partial charge in [-0.15, -0.1) is 0 Å². The molecule has 2 saturated heterocycles. The van der Waals surface area contributed by atoms with E-state index in [-0.39, 0.29) is 25.0 Å². The molecule has 2 atom stereocenters. The van der Waals surface area contributed by atoms with Crippen LogP contribution in [0.15, 0.2) is 84.7 Å². The summed E-state index contributed by atoms with van der Waals surface area (Å²) in [7, 11) is 0. The molecule has 0 bridgehead atoms. The Kier molecular flexibility index (Phi) is 13.7. The normalized spacial score (nSPS) is 19.5. The third-order valence-electron chi connectivity index (χ3n) is 10.3. The third-order valence-corrected chi connectivity index (χ3v) is 10.6. The Balaban J connectivity index is 1.17. The maximum absolute atomic E-state index is 11.6. The molecule has 2 aliphatic heterocycles. The highest BCUT2D eigenvalue weighted by Gasteiger charge is 2.26. The van der Waals surface area contributed by atoms with Gasteiger partial charge in [-0.2, -0.15) is 5.26 Å². The first-order valence-corrected chi connectivity index (χ1v) is 19.2. The number of morpholine rings is 1. The number of carboxylic acids is 1. The van der Waals surface area contributed by atoms with Crippen molar-refractivity contribution in [2.45, 2.75) is 58.7 Å². The lowest BCUT2D eigenvalue weighted by Crippen LogP contribution is -2.40. The summed E-state index contributed by atoms with van der Waals surface area (Å²) < 4.78 is 18.3. The molecule has 0 amide bonds. The van der Waals surface area contributed by atoms with Gasteiger partial charge in [-0.3, -0.25) is 19.6 Å². The van der Waals surface area contributed by atoms with Crippen molar-refractivity contribution in [1.29, 1.82) is 5.26 Å². The highest BCUT2D eigenvalue weighted by Crippen LogP contribution is 2.37. The molecule has 3 aromatic rings. The van der Waals surface area contributed by atoms with Crippen LogP contribution in [0.25, 0.3) is 11.6 Å². The van der Waals surface area contributed by atoms with E-state index in [1.165, 1.54) is 34.0 Å². The van der Waals surface area contributed by atoms with Crippen LogP contribution in [0.1, 0.15) is 66.0 Å². The van der Waals surface area contributed by atoms with Crippen molar-refractivity contribution < 1.29 is 24.1 Å². The number of hydrogen-bond donors (Lipinski definition) is 1. The Morgan fingerprint density at radius 3 is 2.78 bits per heavy atom. The molecule has 0 spiro atoms.